The smallest absolute Gasteiger partial charge is 0.263 e. The number of piperidine rings is 1. The Morgan fingerprint density at radius 3 is 2.90 bits per heavy atom. The van der Waals surface area contributed by atoms with Crippen LogP contribution in [0, 0.1) is 0 Å². The Labute approximate surface area is 171 Å². The maximum Gasteiger partial charge on any atom is 0.263 e. The van der Waals surface area contributed by atoms with E-state index in [-0.39, 0.29) is 5.91 Å². The van der Waals surface area contributed by atoms with Crippen molar-refractivity contribution in [3.05, 3.63) is 47.5 Å². The molecule has 1 aromatic heterocycles. The Morgan fingerprint density at radius 1 is 1.31 bits per heavy atom. The molecule has 0 saturated carbocycles. The van der Waals surface area contributed by atoms with Crippen LogP contribution in [0.5, 0.6) is 11.5 Å². The standard InChI is InChI=1S/C22H28N4O3/c1-15(29-20-8-4-3-7-19(20)28-2)22(27)26-11-9-18-17(14-26)13-24-21(25-18)16-6-5-10-23-12-16/h3-4,7-8,13,15-16,23H,5-6,9-12,14H2,1-2H3/t15-,16-/m0/s1. The molecular formula is C22H28N4O3. The zero-order valence-corrected chi connectivity index (χ0v) is 17.1. The van der Waals surface area contributed by atoms with Gasteiger partial charge in [0.2, 0.25) is 0 Å². The molecule has 0 bridgehead atoms. The molecule has 1 fully saturated rings. The molecule has 3 heterocycles. The summed E-state index contributed by atoms with van der Waals surface area (Å²) < 4.78 is 11.2. The predicted octanol–water partition coefficient (Wildman–Crippen LogP) is 2.30. The third-order valence-electron chi connectivity index (χ3n) is 5.65. The molecule has 2 aliphatic heterocycles. The number of methoxy groups -OCH3 is 1. The predicted molar refractivity (Wildman–Crippen MR) is 109 cm³/mol. The van der Waals surface area contributed by atoms with E-state index in [0.717, 1.165) is 49.4 Å². The fourth-order valence-electron chi connectivity index (χ4n) is 4.00. The highest BCUT2D eigenvalue weighted by Gasteiger charge is 2.28. The first-order chi connectivity index (χ1) is 14.2. The van der Waals surface area contributed by atoms with E-state index in [4.69, 9.17) is 14.5 Å². The number of nitrogens with one attached hydrogen (secondary N) is 1. The van der Waals surface area contributed by atoms with Gasteiger partial charge in [-0.15, -0.1) is 0 Å². The molecule has 154 valence electrons. The molecule has 0 spiro atoms. The molecule has 1 N–H and O–H groups in total. The summed E-state index contributed by atoms with van der Waals surface area (Å²) in [6.07, 6.45) is 4.35. The largest absolute Gasteiger partial charge is 0.493 e. The van der Waals surface area contributed by atoms with Crippen LogP contribution in [0.1, 0.15) is 42.8 Å². The quantitative estimate of drug-likeness (QED) is 0.836. The first-order valence-electron chi connectivity index (χ1n) is 10.3. The van der Waals surface area contributed by atoms with Gasteiger partial charge >= 0.3 is 0 Å². The Morgan fingerprint density at radius 2 is 2.14 bits per heavy atom. The molecule has 1 amide bonds. The lowest BCUT2D eigenvalue weighted by atomic mass is 9.98. The maximum atomic E-state index is 12.9. The van der Waals surface area contributed by atoms with Crippen molar-refractivity contribution in [1.29, 1.82) is 0 Å². The third-order valence-corrected chi connectivity index (χ3v) is 5.65. The first kappa shape index (κ1) is 19.6. The van der Waals surface area contributed by atoms with Gasteiger partial charge in [0.15, 0.2) is 17.6 Å². The second-order valence-electron chi connectivity index (χ2n) is 7.66. The second kappa shape index (κ2) is 8.78. The number of benzene rings is 1. The zero-order valence-electron chi connectivity index (χ0n) is 17.1. The van der Waals surface area contributed by atoms with Crippen LogP contribution in [0.2, 0.25) is 0 Å². The van der Waals surface area contributed by atoms with Gasteiger partial charge in [0.05, 0.1) is 12.8 Å². The summed E-state index contributed by atoms with van der Waals surface area (Å²) in [6.45, 7) is 4.97. The van der Waals surface area contributed by atoms with Crippen molar-refractivity contribution in [2.75, 3.05) is 26.7 Å². The van der Waals surface area contributed by atoms with Crippen LogP contribution in [0.4, 0.5) is 0 Å². The number of ether oxygens (including phenoxy) is 2. The van der Waals surface area contributed by atoms with Crippen molar-refractivity contribution in [3.63, 3.8) is 0 Å². The van der Waals surface area contributed by atoms with Crippen LogP contribution >= 0.6 is 0 Å². The molecule has 2 aromatic rings. The van der Waals surface area contributed by atoms with E-state index >= 15 is 0 Å². The molecule has 1 saturated heterocycles. The Bertz CT molecular complexity index is 867. The Kier molecular flexibility index (Phi) is 5.94. The second-order valence-corrected chi connectivity index (χ2v) is 7.66. The van der Waals surface area contributed by atoms with Crippen molar-refractivity contribution >= 4 is 5.91 Å². The van der Waals surface area contributed by atoms with Gasteiger partial charge in [-0.05, 0) is 38.4 Å². The van der Waals surface area contributed by atoms with Gasteiger partial charge in [-0.3, -0.25) is 4.79 Å². The van der Waals surface area contributed by atoms with Crippen molar-refractivity contribution in [3.8, 4) is 11.5 Å². The van der Waals surface area contributed by atoms with Crippen LogP contribution in [0.25, 0.3) is 0 Å². The Balaban J connectivity index is 1.41. The van der Waals surface area contributed by atoms with Crippen LogP contribution in [0.3, 0.4) is 0 Å². The molecule has 2 aliphatic rings. The first-order valence-corrected chi connectivity index (χ1v) is 10.3. The normalized spacial score (nSPS) is 19.9. The number of fused-ring (bicyclic) bond motifs is 1. The van der Waals surface area contributed by atoms with Gasteiger partial charge in [-0.1, -0.05) is 12.1 Å². The number of carbonyl (C=O) groups is 1. The zero-order chi connectivity index (χ0) is 20.2. The average Bonchev–Trinajstić information content (AvgIpc) is 2.78. The van der Waals surface area contributed by atoms with E-state index in [0.29, 0.717) is 30.5 Å². The Hall–Kier alpha value is -2.67. The minimum atomic E-state index is -0.596. The molecule has 0 radical (unpaired) electrons. The molecule has 0 unspecified atom stereocenters. The highest BCUT2D eigenvalue weighted by Crippen LogP contribution is 2.28. The third kappa shape index (κ3) is 4.34. The van der Waals surface area contributed by atoms with E-state index in [1.807, 2.05) is 35.4 Å². The average molecular weight is 396 g/mol. The van der Waals surface area contributed by atoms with Gasteiger partial charge in [-0.25, -0.2) is 9.97 Å². The van der Waals surface area contributed by atoms with E-state index in [1.165, 1.54) is 0 Å². The fourth-order valence-corrected chi connectivity index (χ4v) is 4.00. The molecule has 29 heavy (non-hydrogen) atoms. The molecule has 1 aromatic carbocycles. The molecule has 7 heteroatoms. The summed E-state index contributed by atoms with van der Waals surface area (Å²) in [5.41, 5.74) is 2.10. The number of aromatic nitrogens is 2. The van der Waals surface area contributed by atoms with Gasteiger partial charge < -0.3 is 19.7 Å². The highest BCUT2D eigenvalue weighted by atomic mass is 16.5. The van der Waals surface area contributed by atoms with Gasteiger partial charge in [-0.2, -0.15) is 0 Å². The summed E-state index contributed by atoms with van der Waals surface area (Å²) >= 11 is 0. The number of para-hydroxylation sites is 2. The van der Waals surface area contributed by atoms with Crippen molar-refractivity contribution in [1.82, 2.24) is 20.2 Å². The van der Waals surface area contributed by atoms with E-state index in [2.05, 4.69) is 10.3 Å². The molecule has 4 rings (SSSR count). The number of carbonyl (C=O) groups excluding carboxylic acids is 1. The summed E-state index contributed by atoms with van der Waals surface area (Å²) in [5.74, 6) is 2.48. The van der Waals surface area contributed by atoms with Crippen LogP contribution in [-0.2, 0) is 17.8 Å². The van der Waals surface area contributed by atoms with Crippen LogP contribution in [0.15, 0.2) is 30.5 Å². The van der Waals surface area contributed by atoms with E-state index < -0.39 is 6.10 Å². The summed E-state index contributed by atoms with van der Waals surface area (Å²) in [5, 5.41) is 3.42. The van der Waals surface area contributed by atoms with Gasteiger partial charge in [0, 0.05) is 43.7 Å². The number of rotatable bonds is 5. The SMILES string of the molecule is COc1ccccc1O[C@@H](C)C(=O)N1CCc2nc([C@H]3CCCNC3)ncc2C1. The highest BCUT2D eigenvalue weighted by molar-refractivity contribution is 5.81. The van der Waals surface area contributed by atoms with Crippen molar-refractivity contribution < 1.29 is 14.3 Å². The number of hydrogen-bond donors (Lipinski definition) is 1. The molecular weight excluding hydrogens is 368 g/mol. The number of hydrogen-bond acceptors (Lipinski definition) is 6. The minimum absolute atomic E-state index is 0.0397. The summed E-state index contributed by atoms with van der Waals surface area (Å²) in [6, 6.07) is 7.37. The number of nitrogens with zero attached hydrogens (tertiary/aromatic N) is 3. The fraction of sp³-hybridized carbons (Fsp3) is 0.500. The topological polar surface area (TPSA) is 76.6 Å². The monoisotopic (exact) mass is 396 g/mol. The lowest BCUT2D eigenvalue weighted by Crippen LogP contribution is -2.43. The summed E-state index contributed by atoms with van der Waals surface area (Å²) in [4.78, 5) is 24.2. The number of amides is 1. The lowest BCUT2D eigenvalue weighted by molar-refractivity contribution is -0.139. The molecule has 2 atom stereocenters. The minimum Gasteiger partial charge on any atom is -0.493 e. The van der Waals surface area contributed by atoms with E-state index in [1.54, 1.807) is 14.0 Å². The van der Waals surface area contributed by atoms with Gasteiger partial charge in [0.25, 0.3) is 5.91 Å². The lowest BCUT2D eigenvalue weighted by Gasteiger charge is -2.31. The van der Waals surface area contributed by atoms with Crippen LogP contribution in [-0.4, -0.2) is 53.6 Å². The van der Waals surface area contributed by atoms with E-state index in [9.17, 15) is 4.79 Å². The van der Waals surface area contributed by atoms with Gasteiger partial charge in [0.1, 0.15) is 5.82 Å². The van der Waals surface area contributed by atoms with Crippen molar-refractivity contribution in [2.24, 2.45) is 0 Å². The maximum absolute atomic E-state index is 12.9. The van der Waals surface area contributed by atoms with Crippen molar-refractivity contribution in [2.45, 2.75) is 44.8 Å². The molecule has 7 nitrogen and oxygen atoms in total. The van der Waals surface area contributed by atoms with Crippen LogP contribution < -0.4 is 14.8 Å². The summed E-state index contributed by atoms with van der Waals surface area (Å²) in [7, 11) is 1.59. The molecule has 0 aliphatic carbocycles.